The summed E-state index contributed by atoms with van der Waals surface area (Å²) in [5.74, 6) is 1.77. The normalized spacial score (nSPS) is 21.9. The molecule has 0 aliphatic carbocycles. The minimum Gasteiger partial charge on any atom is -0.468 e. The van der Waals surface area contributed by atoms with Crippen molar-refractivity contribution in [3.8, 4) is 0 Å². The van der Waals surface area contributed by atoms with E-state index in [0.717, 1.165) is 31.9 Å². The molecule has 1 aromatic rings. The minimum atomic E-state index is 0.601. The van der Waals surface area contributed by atoms with Gasteiger partial charge in [-0.2, -0.15) is 0 Å². The number of rotatable bonds is 6. The molecule has 2 heterocycles. The van der Waals surface area contributed by atoms with Gasteiger partial charge >= 0.3 is 0 Å². The SMILES string of the molecule is CC(C)CNCc1occc1CN1CCCN(C)CC1C. The molecule has 1 N–H and O–H groups in total. The molecule has 0 spiro atoms. The van der Waals surface area contributed by atoms with Crippen molar-refractivity contribution in [1.82, 2.24) is 15.1 Å². The number of nitrogens with one attached hydrogen (secondary N) is 1. The van der Waals surface area contributed by atoms with Crippen LogP contribution in [0.15, 0.2) is 16.7 Å². The van der Waals surface area contributed by atoms with Crippen LogP contribution >= 0.6 is 0 Å². The first kappa shape index (κ1) is 16.5. The quantitative estimate of drug-likeness (QED) is 0.873. The molecule has 4 nitrogen and oxygen atoms in total. The molecule has 1 aliphatic heterocycles. The first-order valence-corrected chi connectivity index (χ1v) is 8.24. The first-order valence-electron chi connectivity index (χ1n) is 8.24. The van der Waals surface area contributed by atoms with Crippen LogP contribution in [0.5, 0.6) is 0 Å². The maximum atomic E-state index is 5.68. The summed E-state index contributed by atoms with van der Waals surface area (Å²) in [4.78, 5) is 5.02. The summed E-state index contributed by atoms with van der Waals surface area (Å²) >= 11 is 0. The van der Waals surface area contributed by atoms with E-state index >= 15 is 0 Å². The van der Waals surface area contributed by atoms with Crippen molar-refractivity contribution >= 4 is 0 Å². The zero-order chi connectivity index (χ0) is 15.2. The van der Waals surface area contributed by atoms with Gasteiger partial charge in [-0.15, -0.1) is 0 Å². The number of hydrogen-bond acceptors (Lipinski definition) is 4. The molecule has 4 heteroatoms. The lowest BCUT2D eigenvalue weighted by Gasteiger charge is -2.27. The van der Waals surface area contributed by atoms with E-state index in [2.05, 4.69) is 49.0 Å². The van der Waals surface area contributed by atoms with Crippen molar-refractivity contribution in [2.24, 2.45) is 5.92 Å². The largest absolute Gasteiger partial charge is 0.468 e. The van der Waals surface area contributed by atoms with E-state index in [0.29, 0.717) is 12.0 Å². The van der Waals surface area contributed by atoms with Gasteiger partial charge in [0, 0.05) is 31.2 Å². The van der Waals surface area contributed by atoms with Gasteiger partial charge in [-0.3, -0.25) is 4.90 Å². The second-order valence-corrected chi connectivity index (χ2v) is 6.83. The summed E-state index contributed by atoms with van der Waals surface area (Å²) in [6.07, 6.45) is 3.08. The molecule has 0 aromatic carbocycles. The molecule has 21 heavy (non-hydrogen) atoms. The summed E-state index contributed by atoms with van der Waals surface area (Å²) < 4.78 is 5.68. The van der Waals surface area contributed by atoms with Gasteiger partial charge in [-0.1, -0.05) is 13.8 Å². The molecule has 1 aromatic heterocycles. The van der Waals surface area contributed by atoms with E-state index in [4.69, 9.17) is 4.42 Å². The Morgan fingerprint density at radius 2 is 2.19 bits per heavy atom. The minimum absolute atomic E-state index is 0.601. The van der Waals surface area contributed by atoms with Crippen LogP contribution in [0.3, 0.4) is 0 Å². The Hall–Kier alpha value is -0.840. The van der Waals surface area contributed by atoms with Crippen LogP contribution in [-0.4, -0.2) is 49.1 Å². The highest BCUT2D eigenvalue weighted by Gasteiger charge is 2.21. The lowest BCUT2D eigenvalue weighted by Crippen LogP contribution is -2.37. The van der Waals surface area contributed by atoms with Crippen molar-refractivity contribution in [3.63, 3.8) is 0 Å². The molecule has 1 aliphatic rings. The van der Waals surface area contributed by atoms with Crippen molar-refractivity contribution in [3.05, 3.63) is 23.7 Å². The number of furan rings is 1. The van der Waals surface area contributed by atoms with Gasteiger partial charge in [-0.05, 0) is 45.5 Å². The van der Waals surface area contributed by atoms with Gasteiger partial charge in [0.2, 0.25) is 0 Å². The predicted molar refractivity (Wildman–Crippen MR) is 87.2 cm³/mol. The van der Waals surface area contributed by atoms with E-state index in [-0.39, 0.29) is 0 Å². The van der Waals surface area contributed by atoms with Crippen LogP contribution in [0.1, 0.15) is 38.5 Å². The Balaban J connectivity index is 1.91. The fourth-order valence-corrected chi connectivity index (χ4v) is 3.01. The van der Waals surface area contributed by atoms with Crippen LogP contribution in [0.4, 0.5) is 0 Å². The zero-order valence-corrected chi connectivity index (χ0v) is 14.1. The monoisotopic (exact) mass is 293 g/mol. The second kappa shape index (κ2) is 7.97. The Morgan fingerprint density at radius 1 is 1.38 bits per heavy atom. The molecule has 0 radical (unpaired) electrons. The van der Waals surface area contributed by atoms with Crippen LogP contribution in [0.25, 0.3) is 0 Å². The van der Waals surface area contributed by atoms with E-state index in [9.17, 15) is 0 Å². The van der Waals surface area contributed by atoms with Gasteiger partial charge < -0.3 is 14.6 Å². The van der Waals surface area contributed by atoms with Gasteiger partial charge in [0.15, 0.2) is 0 Å². The summed E-state index contributed by atoms with van der Waals surface area (Å²) in [6.45, 7) is 13.2. The number of likely N-dealkylation sites (N-methyl/N-ethyl adjacent to an activating group) is 1. The maximum absolute atomic E-state index is 5.68. The Bertz CT molecular complexity index is 416. The Labute approximate surface area is 129 Å². The van der Waals surface area contributed by atoms with E-state index in [1.54, 1.807) is 0 Å². The van der Waals surface area contributed by atoms with E-state index in [1.165, 1.54) is 25.1 Å². The topological polar surface area (TPSA) is 31.7 Å². The standard InChI is InChI=1S/C17H31N3O/c1-14(2)10-18-11-17-16(6-9-21-17)13-20-8-5-7-19(4)12-15(20)3/h6,9,14-15,18H,5,7-8,10-13H2,1-4H3. The highest BCUT2D eigenvalue weighted by molar-refractivity contribution is 5.17. The number of hydrogen-bond donors (Lipinski definition) is 1. The lowest BCUT2D eigenvalue weighted by molar-refractivity contribution is 0.193. The fourth-order valence-electron chi connectivity index (χ4n) is 3.01. The van der Waals surface area contributed by atoms with Crippen molar-refractivity contribution in [2.75, 3.05) is 33.2 Å². The highest BCUT2D eigenvalue weighted by atomic mass is 16.3. The van der Waals surface area contributed by atoms with Crippen molar-refractivity contribution < 1.29 is 4.42 Å². The summed E-state index contributed by atoms with van der Waals surface area (Å²) in [7, 11) is 2.22. The lowest BCUT2D eigenvalue weighted by atomic mass is 10.2. The van der Waals surface area contributed by atoms with Gasteiger partial charge in [0.05, 0.1) is 12.8 Å². The molecule has 1 saturated heterocycles. The third-order valence-electron chi connectivity index (χ3n) is 4.23. The highest BCUT2D eigenvalue weighted by Crippen LogP contribution is 2.17. The van der Waals surface area contributed by atoms with Crippen molar-refractivity contribution in [2.45, 2.75) is 46.3 Å². The molecular weight excluding hydrogens is 262 g/mol. The zero-order valence-electron chi connectivity index (χ0n) is 14.1. The van der Waals surface area contributed by atoms with Crippen molar-refractivity contribution in [1.29, 1.82) is 0 Å². The third kappa shape index (κ3) is 5.13. The number of nitrogens with zero attached hydrogens (tertiary/aromatic N) is 2. The van der Waals surface area contributed by atoms with Gasteiger partial charge in [0.25, 0.3) is 0 Å². The fraction of sp³-hybridized carbons (Fsp3) is 0.765. The summed E-state index contributed by atoms with van der Waals surface area (Å²) in [6, 6.07) is 2.73. The molecule has 0 amide bonds. The summed E-state index contributed by atoms with van der Waals surface area (Å²) in [5, 5.41) is 3.47. The van der Waals surface area contributed by atoms with Crippen LogP contribution in [0.2, 0.25) is 0 Å². The maximum Gasteiger partial charge on any atom is 0.122 e. The molecule has 120 valence electrons. The molecule has 2 rings (SSSR count). The average molecular weight is 293 g/mol. The molecule has 1 unspecified atom stereocenters. The van der Waals surface area contributed by atoms with E-state index < -0.39 is 0 Å². The molecule has 0 saturated carbocycles. The third-order valence-corrected chi connectivity index (χ3v) is 4.23. The Kier molecular flexibility index (Phi) is 6.27. The Morgan fingerprint density at radius 3 is 2.95 bits per heavy atom. The van der Waals surface area contributed by atoms with Crippen LogP contribution in [-0.2, 0) is 13.1 Å². The molecular formula is C17H31N3O. The van der Waals surface area contributed by atoms with Crippen LogP contribution in [0, 0.1) is 5.92 Å². The molecule has 0 bridgehead atoms. The van der Waals surface area contributed by atoms with E-state index in [1.807, 2.05) is 6.26 Å². The predicted octanol–water partition coefficient (Wildman–Crippen LogP) is 2.55. The first-order chi connectivity index (χ1) is 10.1. The second-order valence-electron chi connectivity index (χ2n) is 6.83. The molecule has 1 atom stereocenters. The van der Waals surface area contributed by atoms with Gasteiger partial charge in [-0.25, -0.2) is 0 Å². The molecule has 1 fully saturated rings. The van der Waals surface area contributed by atoms with Gasteiger partial charge in [0.1, 0.15) is 5.76 Å². The average Bonchev–Trinajstić information content (AvgIpc) is 2.77. The smallest absolute Gasteiger partial charge is 0.122 e. The summed E-state index contributed by atoms with van der Waals surface area (Å²) in [5.41, 5.74) is 1.34. The van der Waals surface area contributed by atoms with Crippen LogP contribution < -0.4 is 5.32 Å².